The largest absolute Gasteiger partial charge is 0.369 e. The molecule has 0 aliphatic heterocycles. The normalized spacial score (nSPS) is 17.9. The molecule has 1 aliphatic rings. The van der Waals surface area contributed by atoms with E-state index in [1.54, 1.807) is 0 Å². The van der Waals surface area contributed by atoms with Gasteiger partial charge in [-0.25, -0.2) is 4.98 Å². The van der Waals surface area contributed by atoms with Crippen molar-refractivity contribution >= 4 is 5.82 Å². The first kappa shape index (κ1) is 9.46. The van der Waals surface area contributed by atoms with Crippen LogP contribution in [0.5, 0.6) is 0 Å². The second-order valence-electron chi connectivity index (χ2n) is 4.08. The lowest BCUT2D eigenvalue weighted by atomic mass is 10.2. The van der Waals surface area contributed by atoms with Crippen molar-refractivity contribution in [3.8, 4) is 0 Å². The molecule has 3 heteroatoms. The highest BCUT2D eigenvalue weighted by molar-refractivity contribution is 5.36. The van der Waals surface area contributed by atoms with Crippen LogP contribution in [0.15, 0.2) is 18.2 Å². The van der Waals surface area contributed by atoms with Gasteiger partial charge >= 0.3 is 0 Å². The van der Waals surface area contributed by atoms with Gasteiger partial charge in [0.15, 0.2) is 0 Å². The van der Waals surface area contributed by atoms with Crippen molar-refractivity contribution in [1.29, 1.82) is 0 Å². The van der Waals surface area contributed by atoms with Gasteiger partial charge < -0.3 is 11.1 Å². The van der Waals surface area contributed by atoms with E-state index in [0.717, 1.165) is 12.4 Å². The molecule has 14 heavy (non-hydrogen) atoms. The highest BCUT2D eigenvalue weighted by Gasteiger charge is 2.24. The summed E-state index contributed by atoms with van der Waals surface area (Å²) < 4.78 is 0. The zero-order chi connectivity index (χ0) is 9.97. The number of hydrogen-bond donors (Lipinski definition) is 2. The molecular formula is C11H17N3. The molecule has 0 bridgehead atoms. The molecule has 1 aromatic rings. The highest BCUT2D eigenvalue weighted by Crippen LogP contribution is 2.39. The second-order valence-corrected chi connectivity index (χ2v) is 4.08. The third-order valence-corrected chi connectivity index (χ3v) is 2.37. The molecule has 76 valence electrons. The van der Waals surface area contributed by atoms with E-state index in [4.69, 9.17) is 5.73 Å². The summed E-state index contributed by atoms with van der Waals surface area (Å²) in [6, 6.07) is 6.33. The van der Waals surface area contributed by atoms with Crippen molar-refractivity contribution in [2.75, 3.05) is 11.9 Å². The van der Waals surface area contributed by atoms with Gasteiger partial charge in [-0.2, -0.15) is 0 Å². The Kier molecular flexibility index (Phi) is 2.68. The average Bonchev–Trinajstić information content (AvgIpc) is 2.98. The van der Waals surface area contributed by atoms with E-state index in [2.05, 4.69) is 22.4 Å². The van der Waals surface area contributed by atoms with Crippen molar-refractivity contribution in [3.05, 3.63) is 23.9 Å². The molecule has 0 amide bonds. The van der Waals surface area contributed by atoms with Gasteiger partial charge in [-0.15, -0.1) is 0 Å². The Morgan fingerprint density at radius 3 is 3.00 bits per heavy atom. The summed E-state index contributed by atoms with van der Waals surface area (Å²) in [5.41, 5.74) is 6.88. The Balaban J connectivity index is 1.99. The van der Waals surface area contributed by atoms with E-state index in [0.29, 0.717) is 5.92 Å². The number of nitrogens with zero attached hydrogens (tertiary/aromatic N) is 1. The first-order chi connectivity index (χ1) is 6.75. The van der Waals surface area contributed by atoms with Crippen LogP contribution in [-0.2, 0) is 0 Å². The molecule has 0 spiro atoms. The van der Waals surface area contributed by atoms with E-state index < -0.39 is 0 Å². The summed E-state index contributed by atoms with van der Waals surface area (Å²) in [4.78, 5) is 4.54. The molecule has 1 saturated carbocycles. The minimum atomic E-state index is 0.168. The number of nitrogens with one attached hydrogen (secondary N) is 1. The van der Waals surface area contributed by atoms with Crippen molar-refractivity contribution in [3.63, 3.8) is 0 Å². The lowest BCUT2D eigenvalue weighted by Gasteiger charge is -2.08. The third kappa shape index (κ3) is 2.45. The smallest absolute Gasteiger partial charge is 0.126 e. The second kappa shape index (κ2) is 3.96. The summed E-state index contributed by atoms with van der Waals surface area (Å²) in [7, 11) is 0. The fraction of sp³-hybridized carbons (Fsp3) is 0.545. The van der Waals surface area contributed by atoms with Gasteiger partial charge in [-0.05, 0) is 31.9 Å². The molecule has 1 atom stereocenters. The molecule has 1 heterocycles. The molecule has 1 aromatic heterocycles. The molecule has 1 aliphatic carbocycles. The Morgan fingerprint density at radius 1 is 1.57 bits per heavy atom. The zero-order valence-corrected chi connectivity index (χ0v) is 8.53. The van der Waals surface area contributed by atoms with Crippen molar-refractivity contribution in [2.24, 2.45) is 5.73 Å². The number of aromatic nitrogens is 1. The van der Waals surface area contributed by atoms with Crippen LogP contribution in [0.3, 0.4) is 0 Å². The Morgan fingerprint density at radius 2 is 2.36 bits per heavy atom. The van der Waals surface area contributed by atoms with Crippen LogP contribution in [0.2, 0.25) is 0 Å². The van der Waals surface area contributed by atoms with E-state index in [1.807, 2.05) is 13.0 Å². The van der Waals surface area contributed by atoms with Gasteiger partial charge in [-0.1, -0.05) is 6.07 Å². The number of hydrogen-bond acceptors (Lipinski definition) is 3. The Labute approximate surface area is 84.7 Å². The van der Waals surface area contributed by atoms with Crippen LogP contribution in [0.4, 0.5) is 5.82 Å². The predicted octanol–water partition coefficient (Wildman–Crippen LogP) is 1.72. The Bertz CT molecular complexity index is 305. The number of pyridine rings is 1. The molecular weight excluding hydrogens is 174 g/mol. The quantitative estimate of drug-likeness (QED) is 0.762. The first-order valence-electron chi connectivity index (χ1n) is 5.22. The maximum atomic E-state index is 5.66. The Hall–Kier alpha value is -1.09. The molecule has 0 radical (unpaired) electrons. The monoisotopic (exact) mass is 191 g/mol. The van der Waals surface area contributed by atoms with Gasteiger partial charge in [0.05, 0.1) is 0 Å². The molecule has 3 N–H and O–H groups in total. The first-order valence-corrected chi connectivity index (χ1v) is 5.22. The zero-order valence-electron chi connectivity index (χ0n) is 8.53. The average molecular weight is 191 g/mol. The van der Waals surface area contributed by atoms with Gasteiger partial charge in [0.25, 0.3) is 0 Å². The van der Waals surface area contributed by atoms with Crippen LogP contribution in [0.25, 0.3) is 0 Å². The maximum Gasteiger partial charge on any atom is 0.126 e. The molecule has 1 unspecified atom stereocenters. The fourth-order valence-corrected chi connectivity index (χ4v) is 1.42. The van der Waals surface area contributed by atoms with E-state index in [1.165, 1.54) is 18.5 Å². The van der Waals surface area contributed by atoms with Gasteiger partial charge in [0, 0.05) is 24.2 Å². The summed E-state index contributed by atoms with van der Waals surface area (Å²) in [6.07, 6.45) is 2.59. The number of rotatable bonds is 4. The highest BCUT2D eigenvalue weighted by atomic mass is 15.0. The topological polar surface area (TPSA) is 50.9 Å². The van der Waals surface area contributed by atoms with Crippen LogP contribution in [-0.4, -0.2) is 17.6 Å². The van der Waals surface area contributed by atoms with Gasteiger partial charge in [0.1, 0.15) is 5.82 Å². The SMILES string of the molecule is CC(N)CNc1cccc(C2CC2)n1. The number of anilines is 1. The van der Waals surface area contributed by atoms with Crippen molar-refractivity contribution < 1.29 is 0 Å². The van der Waals surface area contributed by atoms with Crippen LogP contribution >= 0.6 is 0 Å². The summed E-state index contributed by atoms with van der Waals surface area (Å²) in [5.74, 6) is 1.67. The molecule has 3 nitrogen and oxygen atoms in total. The molecule has 0 saturated heterocycles. The van der Waals surface area contributed by atoms with E-state index >= 15 is 0 Å². The summed E-state index contributed by atoms with van der Waals surface area (Å²) >= 11 is 0. The fourth-order valence-electron chi connectivity index (χ4n) is 1.42. The minimum absolute atomic E-state index is 0.168. The third-order valence-electron chi connectivity index (χ3n) is 2.37. The predicted molar refractivity (Wildman–Crippen MR) is 58.4 cm³/mol. The van der Waals surface area contributed by atoms with Crippen LogP contribution < -0.4 is 11.1 Å². The van der Waals surface area contributed by atoms with Gasteiger partial charge in [-0.3, -0.25) is 0 Å². The maximum absolute atomic E-state index is 5.66. The lowest BCUT2D eigenvalue weighted by molar-refractivity contribution is 0.776. The standard InChI is InChI=1S/C11H17N3/c1-8(12)7-13-11-4-2-3-10(14-11)9-5-6-9/h2-4,8-9H,5-7,12H2,1H3,(H,13,14). The summed E-state index contributed by atoms with van der Waals surface area (Å²) in [5, 5.41) is 3.23. The van der Waals surface area contributed by atoms with Gasteiger partial charge in [0.2, 0.25) is 0 Å². The van der Waals surface area contributed by atoms with E-state index in [9.17, 15) is 0 Å². The lowest BCUT2D eigenvalue weighted by Crippen LogP contribution is -2.25. The van der Waals surface area contributed by atoms with Crippen LogP contribution in [0, 0.1) is 0 Å². The molecule has 2 rings (SSSR count). The number of nitrogens with two attached hydrogens (primary N) is 1. The van der Waals surface area contributed by atoms with E-state index in [-0.39, 0.29) is 6.04 Å². The molecule has 1 fully saturated rings. The van der Waals surface area contributed by atoms with Crippen molar-refractivity contribution in [1.82, 2.24) is 4.98 Å². The molecule has 0 aromatic carbocycles. The van der Waals surface area contributed by atoms with Crippen molar-refractivity contribution in [2.45, 2.75) is 31.7 Å². The minimum Gasteiger partial charge on any atom is -0.369 e. The summed E-state index contributed by atoms with van der Waals surface area (Å²) in [6.45, 7) is 2.76. The van der Waals surface area contributed by atoms with Crippen LogP contribution in [0.1, 0.15) is 31.4 Å².